The van der Waals surface area contributed by atoms with Gasteiger partial charge in [-0.1, -0.05) is 26.7 Å². The van der Waals surface area contributed by atoms with Gasteiger partial charge in [0.15, 0.2) is 0 Å². The lowest BCUT2D eigenvalue weighted by molar-refractivity contribution is 0.407. The number of rotatable bonds is 3. The Hall–Kier alpha value is -2.14. The molecule has 28 heavy (non-hydrogen) atoms. The molecule has 2 aromatic heterocycles. The summed E-state index contributed by atoms with van der Waals surface area (Å²) in [5, 5.41) is 0.820. The number of nitrogens with zero attached hydrogens (tertiary/aromatic N) is 1. The molecule has 0 fully saturated rings. The third kappa shape index (κ3) is 3.37. The van der Waals surface area contributed by atoms with E-state index in [1.807, 2.05) is 13.0 Å². The lowest BCUT2D eigenvalue weighted by atomic mass is 9.96. The molecule has 0 atom stereocenters. The predicted octanol–water partition coefficient (Wildman–Crippen LogP) is 5.75. The molecule has 1 N–H and O–H groups in total. The predicted molar refractivity (Wildman–Crippen MR) is 117 cm³/mol. The quantitative estimate of drug-likeness (QED) is 0.613. The van der Waals surface area contributed by atoms with Crippen LogP contribution in [0.4, 0.5) is 0 Å². The van der Waals surface area contributed by atoms with Crippen LogP contribution in [0, 0.1) is 6.92 Å². The molecule has 2 heterocycles. The van der Waals surface area contributed by atoms with Crippen LogP contribution in [0.5, 0.6) is 5.75 Å². The van der Waals surface area contributed by atoms with E-state index in [2.05, 4.69) is 24.9 Å². The van der Waals surface area contributed by atoms with Gasteiger partial charge in [-0.05, 0) is 67.3 Å². The molecular weight excluding hydrogens is 368 g/mol. The van der Waals surface area contributed by atoms with Crippen molar-refractivity contribution in [3.8, 4) is 17.1 Å². The van der Waals surface area contributed by atoms with E-state index in [1.165, 1.54) is 29.7 Å². The van der Waals surface area contributed by atoms with Crippen molar-refractivity contribution in [2.24, 2.45) is 0 Å². The smallest absolute Gasteiger partial charge is 0.260 e. The highest BCUT2D eigenvalue weighted by Crippen LogP contribution is 2.36. The van der Waals surface area contributed by atoms with Gasteiger partial charge in [-0.2, -0.15) is 0 Å². The Balaban J connectivity index is 1.89. The van der Waals surface area contributed by atoms with E-state index in [-0.39, 0.29) is 5.56 Å². The summed E-state index contributed by atoms with van der Waals surface area (Å²) in [6.07, 6.45) is 6.98. The van der Waals surface area contributed by atoms with Crippen LogP contribution in [0.3, 0.4) is 0 Å². The second-order valence-corrected chi connectivity index (χ2v) is 9.16. The largest absolute Gasteiger partial charge is 0.496 e. The number of thiophene rings is 1. The highest BCUT2D eigenvalue weighted by Gasteiger charge is 2.20. The molecule has 0 unspecified atom stereocenters. The van der Waals surface area contributed by atoms with Crippen molar-refractivity contribution < 1.29 is 4.74 Å². The Kier molecular flexibility index (Phi) is 5.28. The van der Waals surface area contributed by atoms with Crippen LogP contribution in [-0.2, 0) is 12.8 Å². The first-order valence-corrected chi connectivity index (χ1v) is 11.0. The summed E-state index contributed by atoms with van der Waals surface area (Å²) >= 11 is 1.71. The second-order valence-electron chi connectivity index (χ2n) is 8.08. The van der Waals surface area contributed by atoms with Crippen molar-refractivity contribution in [3.05, 3.63) is 44.1 Å². The summed E-state index contributed by atoms with van der Waals surface area (Å²) < 4.78 is 5.56. The number of H-pyrrole nitrogens is 1. The first kappa shape index (κ1) is 19.2. The van der Waals surface area contributed by atoms with Gasteiger partial charge >= 0.3 is 0 Å². The number of benzene rings is 1. The van der Waals surface area contributed by atoms with E-state index in [4.69, 9.17) is 9.72 Å². The van der Waals surface area contributed by atoms with Crippen LogP contribution < -0.4 is 10.3 Å². The van der Waals surface area contributed by atoms with Crippen molar-refractivity contribution in [1.29, 1.82) is 0 Å². The van der Waals surface area contributed by atoms with Crippen molar-refractivity contribution in [1.82, 2.24) is 9.97 Å². The lowest BCUT2D eigenvalue weighted by Crippen LogP contribution is -2.11. The molecule has 3 aromatic rings. The van der Waals surface area contributed by atoms with Crippen molar-refractivity contribution in [2.45, 2.75) is 65.2 Å². The van der Waals surface area contributed by atoms with Crippen LogP contribution in [0.1, 0.15) is 67.0 Å². The van der Waals surface area contributed by atoms with Gasteiger partial charge in [0.1, 0.15) is 16.4 Å². The van der Waals surface area contributed by atoms with E-state index >= 15 is 0 Å². The number of aromatic amines is 1. The van der Waals surface area contributed by atoms with Gasteiger partial charge < -0.3 is 9.72 Å². The molecule has 1 aliphatic rings. The highest BCUT2D eigenvalue weighted by molar-refractivity contribution is 7.18. The number of hydrogen-bond donors (Lipinski definition) is 1. The number of hydrogen-bond acceptors (Lipinski definition) is 4. The van der Waals surface area contributed by atoms with Crippen molar-refractivity contribution >= 4 is 21.6 Å². The highest BCUT2D eigenvalue weighted by atomic mass is 32.1. The molecule has 0 spiro atoms. The topological polar surface area (TPSA) is 55.0 Å². The molecule has 4 rings (SSSR count). The third-order valence-electron chi connectivity index (χ3n) is 5.78. The Labute approximate surface area is 170 Å². The van der Waals surface area contributed by atoms with E-state index in [0.29, 0.717) is 11.7 Å². The molecule has 0 bridgehead atoms. The van der Waals surface area contributed by atoms with Crippen LogP contribution in [-0.4, -0.2) is 17.1 Å². The first-order valence-electron chi connectivity index (χ1n) is 10.2. The number of nitrogens with one attached hydrogen (secondary N) is 1. The molecule has 148 valence electrons. The number of fused-ring (bicyclic) bond motifs is 3. The van der Waals surface area contributed by atoms with Crippen LogP contribution in [0.25, 0.3) is 21.6 Å². The summed E-state index contributed by atoms with van der Waals surface area (Å²) in [4.78, 5) is 23.3. The number of aryl methyl sites for hydroxylation is 3. The Morgan fingerprint density at radius 1 is 1.14 bits per heavy atom. The van der Waals surface area contributed by atoms with Crippen LogP contribution in [0.15, 0.2) is 16.9 Å². The zero-order valence-corrected chi connectivity index (χ0v) is 18.0. The van der Waals surface area contributed by atoms with Crippen LogP contribution in [0.2, 0.25) is 0 Å². The van der Waals surface area contributed by atoms with Crippen molar-refractivity contribution in [2.75, 3.05) is 7.11 Å². The Morgan fingerprint density at radius 3 is 2.61 bits per heavy atom. The molecule has 0 aliphatic heterocycles. The van der Waals surface area contributed by atoms with Gasteiger partial charge in [0, 0.05) is 10.4 Å². The minimum atomic E-state index is -0.000566. The third-order valence-corrected chi connectivity index (χ3v) is 6.96. The molecule has 0 amide bonds. The van der Waals surface area contributed by atoms with Gasteiger partial charge in [-0.15, -0.1) is 11.3 Å². The monoisotopic (exact) mass is 396 g/mol. The Bertz CT molecular complexity index is 1080. The fourth-order valence-corrected chi connectivity index (χ4v) is 5.49. The summed E-state index contributed by atoms with van der Waals surface area (Å²) in [5.74, 6) is 1.87. The normalized spacial score (nSPS) is 14.8. The minimum absolute atomic E-state index is 0.000566. The number of ether oxygens (including phenoxy) is 1. The number of methoxy groups -OCH3 is 1. The van der Waals surface area contributed by atoms with Gasteiger partial charge in [0.05, 0.1) is 12.5 Å². The van der Waals surface area contributed by atoms with Crippen molar-refractivity contribution in [3.63, 3.8) is 0 Å². The SMILES string of the molecule is COc1cc(C)c(-c2nc3sc4c(c3c(=O)[nH]2)CCCCCC4)cc1C(C)C. The van der Waals surface area contributed by atoms with E-state index in [9.17, 15) is 4.79 Å². The van der Waals surface area contributed by atoms with Gasteiger partial charge in [-0.3, -0.25) is 4.79 Å². The standard InChI is InChI=1S/C23H28N2O2S/c1-13(2)16-12-17(14(3)11-18(16)27-4)21-24-22(26)20-15-9-7-5-6-8-10-19(15)28-23(20)25-21/h11-13H,5-10H2,1-4H3,(H,24,25,26). The maximum absolute atomic E-state index is 13.0. The maximum Gasteiger partial charge on any atom is 0.260 e. The minimum Gasteiger partial charge on any atom is -0.496 e. The zero-order valence-electron chi connectivity index (χ0n) is 17.1. The van der Waals surface area contributed by atoms with E-state index in [0.717, 1.165) is 51.9 Å². The molecule has 4 nitrogen and oxygen atoms in total. The second kappa shape index (κ2) is 7.70. The molecule has 0 saturated heterocycles. The average Bonchev–Trinajstić information content (AvgIpc) is 2.98. The summed E-state index contributed by atoms with van der Waals surface area (Å²) in [7, 11) is 1.70. The molecule has 0 saturated carbocycles. The first-order chi connectivity index (χ1) is 13.5. The molecular formula is C23H28N2O2S. The average molecular weight is 397 g/mol. The molecule has 5 heteroatoms. The summed E-state index contributed by atoms with van der Waals surface area (Å²) in [6, 6.07) is 4.16. The van der Waals surface area contributed by atoms with Gasteiger partial charge in [-0.25, -0.2) is 4.98 Å². The number of aromatic nitrogens is 2. The maximum atomic E-state index is 13.0. The fourth-order valence-electron chi connectivity index (χ4n) is 4.23. The van der Waals surface area contributed by atoms with E-state index < -0.39 is 0 Å². The molecule has 0 radical (unpaired) electrons. The summed E-state index contributed by atoms with van der Waals surface area (Å²) in [5.41, 5.74) is 4.40. The van der Waals surface area contributed by atoms with Gasteiger partial charge in [0.2, 0.25) is 0 Å². The van der Waals surface area contributed by atoms with Gasteiger partial charge in [0.25, 0.3) is 5.56 Å². The van der Waals surface area contributed by atoms with Crippen LogP contribution >= 0.6 is 11.3 Å². The lowest BCUT2D eigenvalue weighted by Gasteiger charge is -2.15. The zero-order chi connectivity index (χ0) is 19.8. The molecule has 1 aliphatic carbocycles. The fraction of sp³-hybridized carbons (Fsp3) is 0.478. The summed E-state index contributed by atoms with van der Waals surface area (Å²) in [6.45, 7) is 6.34. The Morgan fingerprint density at radius 2 is 1.89 bits per heavy atom. The van der Waals surface area contributed by atoms with E-state index in [1.54, 1.807) is 18.4 Å². The molecule has 1 aromatic carbocycles.